The topological polar surface area (TPSA) is 58.0 Å². The van der Waals surface area contributed by atoms with Gasteiger partial charge in [0.1, 0.15) is 12.7 Å². The summed E-state index contributed by atoms with van der Waals surface area (Å²) in [7, 11) is 1.83. The summed E-state index contributed by atoms with van der Waals surface area (Å²) in [5.74, 6) is 0.305. The van der Waals surface area contributed by atoms with Crippen LogP contribution in [0.3, 0.4) is 0 Å². The van der Waals surface area contributed by atoms with Gasteiger partial charge < -0.3 is 9.80 Å². The van der Waals surface area contributed by atoms with Gasteiger partial charge in [-0.15, -0.1) is 0 Å². The Morgan fingerprint density at radius 2 is 1.92 bits per heavy atom. The van der Waals surface area contributed by atoms with Gasteiger partial charge >= 0.3 is 0 Å². The fraction of sp³-hybridized carbons (Fsp3) is 0.500. The molecule has 24 heavy (non-hydrogen) atoms. The number of aromatic nitrogens is 4. The van der Waals surface area contributed by atoms with Gasteiger partial charge in [0, 0.05) is 26.7 Å². The molecule has 0 aliphatic carbocycles. The maximum Gasteiger partial charge on any atom is 0.186 e. The van der Waals surface area contributed by atoms with Crippen molar-refractivity contribution in [2.45, 2.75) is 19.8 Å². The number of rotatable bonds is 4. The van der Waals surface area contributed by atoms with Crippen molar-refractivity contribution < 1.29 is 8.78 Å². The monoisotopic (exact) mass is 334 g/mol. The predicted octanol–water partition coefficient (Wildman–Crippen LogP) is 2.21. The van der Waals surface area contributed by atoms with Gasteiger partial charge in [-0.05, 0) is 25.7 Å². The van der Waals surface area contributed by atoms with Crippen molar-refractivity contribution >= 4 is 11.6 Å². The first kappa shape index (κ1) is 16.5. The highest BCUT2D eigenvalue weighted by Gasteiger charge is 2.24. The summed E-state index contributed by atoms with van der Waals surface area (Å²) >= 11 is 0. The van der Waals surface area contributed by atoms with Gasteiger partial charge in [-0.2, -0.15) is 0 Å². The van der Waals surface area contributed by atoms with Crippen LogP contribution >= 0.6 is 0 Å². The van der Waals surface area contributed by atoms with E-state index in [9.17, 15) is 8.78 Å². The molecule has 128 valence electrons. The molecule has 0 unspecified atom stereocenters. The van der Waals surface area contributed by atoms with Crippen LogP contribution < -0.4 is 9.80 Å². The molecule has 0 bridgehead atoms. The van der Waals surface area contributed by atoms with Crippen LogP contribution in [0.2, 0.25) is 0 Å². The zero-order chi connectivity index (χ0) is 17.1. The molecule has 1 saturated heterocycles. The third-order valence-electron chi connectivity index (χ3n) is 4.40. The first-order chi connectivity index (χ1) is 11.6. The van der Waals surface area contributed by atoms with E-state index in [2.05, 4.69) is 19.9 Å². The van der Waals surface area contributed by atoms with Gasteiger partial charge in [-0.3, -0.25) is 0 Å². The zero-order valence-corrected chi connectivity index (χ0v) is 13.8. The fourth-order valence-electron chi connectivity index (χ4n) is 3.05. The number of aryl methyl sites for hydroxylation is 1. The highest BCUT2D eigenvalue weighted by molar-refractivity contribution is 5.41. The van der Waals surface area contributed by atoms with Gasteiger partial charge in [0.05, 0.1) is 11.9 Å². The Bertz CT molecular complexity index is 703. The van der Waals surface area contributed by atoms with Crippen LogP contribution in [0.4, 0.5) is 20.4 Å². The zero-order valence-electron chi connectivity index (χ0n) is 13.8. The first-order valence-electron chi connectivity index (χ1n) is 7.95. The normalized spacial score (nSPS) is 15.6. The molecular formula is C16H20F2N6. The molecule has 2 aromatic heterocycles. The summed E-state index contributed by atoms with van der Waals surface area (Å²) in [6.45, 7) is 3.77. The molecule has 8 heteroatoms. The Balaban J connectivity index is 1.59. The summed E-state index contributed by atoms with van der Waals surface area (Å²) in [6.07, 6.45) is 5.70. The van der Waals surface area contributed by atoms with Crippen molar-refractivity contribution in [2.75, 3.05) is 36.5 Å². The van der Waals surface area contributed by atoms with Crippen LogP contribution in [-0.4, -0.2) is 46.6 Å². The molecule has 1 aliphatic heterocycles. The predicted molar refractivity (Wildman–Crippen MR) is 86.9 cm³/mol. The smallest absolute Gasteiger partial charge is 0.186 e. The average Bonchev–Trinajstić information content (AvgIpc) is 2.58. The molecule has 2 aromatic rings. The van der Waals surface area contributed by atoms with E-state index in [0.717, 1.165) is 25.9 Å². The maximum atomic E-state index is 14.1. The number of nitrogens with zero attached hydrogens (tertiary/aromatic N) is 6. The minimum Gasteiger partial charge on any atom is -0.357 e. The lowest BCUT2D eigenvalue weighted by atomic mass is 9.96. The van der Waals surface area contributed by atoms with E-state index in [1.54, 1.807) is 6.92 Å². The van der Waals surface area contributed by atoms with Crippen molar-refractivity contribution in [1.82, 2.24) is 19.9 Å². The van der Waals surface area contributed by atoms with Crippen LogP contribution in [0.25, 0.3) is 0 Å². The van der Waals surface area contributed by atoms with E-state index in [4.69, 9.17) is 0 Å². The molecular weight excluding hydrogens is 314 g/mol. The molecule has 0 atom stereocenters. The maximum absolute atomic E-state index is 14.1. The molecule has 0 amide bonds. The molecule has 1 fully saturated rings. The third kappa shape index (κ3) is 3.42. The Morgan fingerprint density at radius 1 is 1.17 bits per heavy atom. The van der Waals surface area contributed by atoms with Gasteiger partial charge in [0.2, 0.25) is 0 Å². The molecule has 3 rings (SSSR count). The third-order valence-corrected chi connectivity index (χ3v) is 4.40. The first-order valence-corrected chi connectivity index (χ1v) is 7.95. The highest BCUT2D eigenvalue weighted by Crippen LogP contribution is 2.25. The summed E-state index contributed by atoms with van der Waals surface area (Å²) in [4.78, 5) is 19.4. The molecule has 0 aromatic carbocycles. The SMILES string of the molecule is Cc1ncnc(N(C)CC2CCN(c3ncncc3F)CC2)c1F. The Hall–Kier alpha value is -2.38. The lowest BCUT2D eigenvalue weighted by Gasteiger charge is -2.34. The molecule has 6 nitrogen and oxygen atoms in total. The average molecular weight is 334 g/mol. The van der Waals surface area contributed by atoms with Gasteiger partial charge in [0.25, 0.3) is 0 Å². The van der Waals surface area contributed by atoms with Gasteiger partial charge in [-0.1, -0.05) is 0 Å². The number of hydrogen-bond acceptors (Lipinski definition) is 6. The second kappa shape index (κ2) is 7.02. The quantitative estimate of drug-likeness (QED) is 0.854. The lowest BCUT2D eigenvalue weighted by Crippen LogP contribution is -2.39. The van der Waals surface area contributed by atoms with E-state index in [1.807, 2.05) is 16.8 Å². The summed E-state index contributed by atoms with van der Waals surface area (Å²) in [5, 5.41) is 0. The second-order valence-electron chi connectivity index (χ2n) is 6.10. The molecule has 0 spiro atoms. The van der Waals surface area contributed by atoms with Crippen molar-refractivity contribution in [3.05, 3.63) is 36.2 Å². The van der Waals surface area contributed by atoms with Crippen molar-refractivity contribution in [3.8, 4) is 0 Å². The summed E-state index contributed by atoms with van der Waals surface area (Å²) < 4.78 is 27.9. The minimum absolute atomic E-state index is 0.326. The van der Waals surface area contributed by atoms with Gasteiger partial charge in [0.15, 0.2) is 23.3 Å². The van der Waals surface area contributed by atoms with E-state index in [0.29, 0.717) is 29.8 Å². The fourth-order valence-corrected chi connectivity index (χ4v) is 3.05. The van der Waals surface area contributed by atoms with Crippen LogP contribution in [0.15, 0.2) is 18.9 Å². The van der Waals surface area contributed by atoms with E-state index >= 15 is 0 Å². The van der Waals surface area contributed by atoms with E-state index in [1.165, 1.54) is 18.9 Å². The van der Waals surface area contributed by atoms with Crippen LogP contribution in [-0.2, 0) is 0 Å². The minimum atomic E-state index is -0.397. The largest absolute Gasteiger partial charge is 0.357 e. The van der Waals surface area contributed by atoms with Crippen molar-refractivity contribution in [2.24, 2.45) is 5.92 Å². The van der Waals surface area contributed by atoms with Crippen LogP contribution in [0, 0.1) is 24.5 Å². The molecule has 0 radical (unpaired) electrons. The lowest BCUT2D eigenvalue weighted by molar-refractivity contribution is 0.401. The number of anilines is 2. The Morgan fingerprint density at radius 3 is 2.62 bits per heavy atom. The van der Waals surface area contributed by atoms with E-state index < -0.39 is 5.82 Å². The van der Waals surface area contributed by atoms with E-state index in [-0.39, 0.29) is 5.82 Å². The molecule has 1 aliphatic rings. The second-order valence-corrected chi connectivity index (χ2v) is 6.10. The number of piperidine rings is 1. The Labute approximate surface area is 139 Å². The summed E-state index contributed by atoms with van der Waals surface area (Å²) in [5.41, 5.74) is 0.348. The summed E-state index contributed by atoms with van der Waals surface area (Å²) in [6, 6.07) is 0. The molecule has 3 heterocycles. The standard InChI is InChI=1S/C16H20F2N6/c1-11-14(18)16(22-10-20-11)23(2)8-12-3-5-24(6-4-12)15-13(17)7-19-9-21-15/h7,9-10,12H,3-6,8H2,1-2H3. The van der Waals surface area contributed by atoms with Crippen LogP contribution in [0.1, 0.15) is 18.5 Å². The molecule has 0 N–H and O–H groups in total. The van der Waals surface area contributed by atoms with Crippen molar-refractivity contribution in [1.29, 1.82) is 0 Å². The van der Waals surface area contributed by atoms with Crippen molar-refractivity contribution in [3.63, 3.8) is 0 Å². The number of halogens is 2. The Kier molecular flexibility index (Phi) is 4.82. The van der Waals surface area contributed by atoms with Gasteiger partial charge in [-0.25, -0.2) is 28.7 Å². The molecule has 0 saturated carbocycles. The van der Waals surface area contributed by atoms with Crippen LogP contribution in [0.5, 0.6) is 0 Å². The highest BCUT2D eigenvalue weighted by atomic mass is 19.1. The number of hydrogen-bond donors (Lipinski definition) is 0.